The zero-order valence-electron chi connectivity index (χ0n) is 8.31. The number of hydrogen-bond donors (Lipinski definition) is 2. The molecule has 2 rings (SSSR count). The van der Waals surface area contributed by atoms with Gasteiger partial charge in [-0.2, -0.15) is 0 Å². The minimum Gasteiger partial charge on any atom is -0.398 e. The largest absolute Gasteiger partial charge is 0.398 e. The molecule has 0 radical (unpaired) electrons. The van der Waals surface area contributed by atoms with Crippen molar-refractivity contribution in [1.82, 2.24) is 4.98 Å². The molecule has 0 atom stereocenters. The Bertz CT molecular complexity index is 499. The van der Waals surface area contributed by atoms with Gasteiger partial charge in [0, 0.05) is 21.7 Å². The van der Waals surface area contributed by atoms with Crippen LogP contribution in [0.1, 0.15) is 5.69 Å². The summed E-state index contributed by atoms with van der Waals surface area (Å²) in [4.78, 5) is 4.99. The highest BCUT2D eigenvalue weighted by Crippen LogP contribution is 2.29. The third-order valence-corrected chi connectivity index (χ3v) is 3.76. The quantitative estimate of drug-likeness (QED) is 0.654. The van der Waals surface area contributed by atoms with Gasteiger partial charge in [-0.25, -0.2) is 9.37 Å². The van der Waals surface area contributed by atoms with E-state index in [9.17, 15) is 4.39 Å². The first-order valence-electron chi connectivity index (χ1n) is 4.53. The summed E-state index contributed by atoms with van der Waals surface area (Å²) >= 11 is 2.93. The van der Waals surface area contributed by atoms with Crippen LogP contribution in [0.5, 0.6) is 0 Å². The second-order valence-corrected chi connectivity index (χ2v) is 5.05. The Balaban J connectivity index is 2.04. The van der Waals surface area contributed by atoms with Gasteiger partial charge in [0.15, 0.2) is 5.13 Å². The Morgan fingerprint density at radius 3 is 2.81 bits per heavy atom. The molecule has 0 fully saturated rings. The van der Waals surface area contributed by atoms with E-state index in [1.54, 1.807) is 6.07 Å². The van der Waals surface area contributed by atoms with Crippen LogP contribution in [-0.4, -0.2) is 4.98 Å². The molecule has 0 spiro atoms. The number of thiazole rings is 1. The monoisotopic (exact) mass is 255 g/mol. The summed E-state index contributed by atoms with van der Waals surface area (Å²) in [6, 6.07) is 4.39. The maximum Gasteiger partial charge on any atom is 0.180 e. The highest BCUT2D eigenvalue weighted by atomic mass is 32.2. The Morgan fingerprint density at radius 2 is 2.19 bits per heavy atom. The maximum absolute atomic E-state index is 12.8. The number of nitrogens with two attached hydrogens (primary N) is 2. The van der Waals surface area contributed by atoms with Crippen LogP contribution >= 0.6 is 23.1 Å². The van der Waals surface area contributed by atoms with Crippen molar-refractivity contribution in [2.24, 2.45) is 0 Å². The van der Waals surface area contributed by atoms with Crippen LogP contribution in [0.2, 0.25) is 0 Å². The van der Waals surface area contributed by atoms with Crippen molar-refractivity contribution in [2.45, 2.75) is 10.6 Å². The van der Waals surface area contributed by atoms with E-state index in [-0.39, 0.29) is 5.82 Å². The molecule has 16 heavy (non-hydrogen) atoms. The first kappa shape index (κ1) is 11.2. The van der Waals surface area contributed by atoms with E-state index in [1.165, 1.54) is 35.2 Å². The second kappa shape index (κ2) is 4.71. The van der Waals surface area contributed by atoms with Gasteiger partial charge in [-0.05, 0) is 18.2 Å². The summed E-state index contributed by atoms with van der Waals surface area (Å²) in [6.45, 7) is 0. The number of thioether (sulfide) groups is 1. The molecule has 4 N–H and O–H groups in total. The summed E-state index contributed by atoms with van der Waals surface area (Å²) in [6.07, 6.45) is 0. The fourth-order valence-electron chi connectivity index (χ4n) is 1.19. The van der Waals surface area contributed by atoms with Crippen LogP contribution in [0.15, 0.2) is 28.5 Å². The lowest BCUT2D eigenvalue weighted by atomic mass is 10.3. The molecule has 0 saturated carbocycles. The topological polar surface area (TPSA) is 64.9 Å². The smallest absolute Gasteiger partial charge is 0.180 e. The lowest BCUT2D eigenvalue weighted by molar-refractivity contribution is 0.627. The molecular formula is C10H10FN3S2. The lowest BCUT2D eigenvalue weighted by Crippen LogP contribution is -1.90. The molecule has 1 heterocycles. The molecule has 0 bridgehead atoms. The molecule has 1 aromatic carbocycles. The van der Waals surface area contributed by atoms with Gasteiger partial charge in [-0.1, -0.05) is 0 Å². The van der Waals surface area contributed by atoms with E-state index in [0.29, 0.717) is 16.6 Å². The van der Waals surface area contributed by atoms with Crippen LogP contribution in [0, 0.1) is 5.82 Å². The summed E-state index contributed by atoms with van der Waals surface area (Å²) in [5.41, 5.74) is 12.6. The normalized spacial score (nSPS) is 10.6. The highest BCUT2D eigenvalue weighted by molar-refractivity contribution is 7.98. The van der Waals surface area contributed by atoms with Gasteiger partial charge in [-0.15, -0.1) is 23.1 Å². The summed E-state index contributed by atoms with van der Waals surface area (Å²) in [7, 11) is 0. The minimum absolute atomic E-state index is 0.320. The predicted octanol–water partition coefficient (Wildman–Crippen LogP) is 2.74. The average molecular weight is 255 g/mol. The molecule has 0 amide bonds. The van der Waals surface area contributed by atoms with Gasteiger partial charge in [0.2, 0.25) is 0 Å². The van der Waals surface area contributed by atoms with E-state index in [1.807, 2.05) is 5.38 Å². The van der Waals surface area contributed by atoms with Crippen molar-refractivity contribution in [3.05, 3.63) is 35.1 Å². The molecule has 6 heteroatoms. The van der Waals surface area contributed by atoms with Gasteiger partial charge < -0.3 is 11.5 Å². The SMILES string of the molecule is Nc1nc(CSc2ccc(F)cc2N)cs1. The molecule has 0 aliphatic rings. The fourth-order valence-corrected chi connectivity index (χ4v) is 2.70. The maximum atomic E-state index is 12.8. The van der Waals surface area contributed by atoms with Crippen molar-refractivity contribution < 1.29 is 4.39 Å². The number of benzene rings is 1. The zero-order chi connectivity index (χ0) is 11.5. The minimum atomic E-state index is -0.320. The van der Waals surface area contributed by atoms with Crippen LogP contribution in [0.4, 0.5) is 15.2 Å². The zero-order valence-corrected chi connectivity index (χ0v) is 9.95. The third-order valence-electron chi connectivity index (χ3n) is 1.92. The summed E-state index contributed by atoms with van der Waals surface area (Å²) < 4.78 is 12.8. The van der Waals surface area contributed by atoms with Crippen molar-refractivity contribution in [1.29, 1.82) is 0 Å². The number of hydrogen-bond acceptors (Lipinski definition) is 5. The van der Waals surface area contributed by atoms with Gasteiger partial charge >= 0.3 is 0 Å². The van der Waals surface area contributed by atoms with E-state index in [4.69, 9.17) is 11.5 Å². The number of aromatic nitrogens is 1. The third kappa shape index (κ3) is 2.65. The molecule has 84 valence electrons. The number of nitrogens with zero attached hydrogens (tertiary/aromatic N) is 1. The molecule has 1 aromatic heterocycles. The standard InChI is InChI=1S/C10H10FN3S2/c11-6-1-2-9(8(12)3-6)15-4-7-5-16-10(13)14-7/h1-3,5H,4,12H2,(H2,13,14). The molecular weight excluding hydrogens is 245 g/mol. The second-order valence-electron chi connectivity index (χ2n) is 3.15. The molecule has 3 nitrogen and oxygen atoms in total. The molecule has 2 aromatic rings. The van der Waals surface area contributed by atoms with Crippen molar-refractivity contribution in [3.63, 3.8) is 0 Å². The molecule has 0 unspecified atom stereocenters. The van der Waals surface area contributed by atoms with Gasteiger partial charge in [0.05, 0.1) is 5.69 Å². The van der Waals surface area contributed by atoms with E-state index < -0.39 is 0 Å². The summed E-state index contributed by atoms with van der Waals surface area (Å²) in [5, 5.41) is 2.46. The van der Waals surface area contributed by atoms with E-state index >= 15 is 0 Å². The number of anilines is 2. The predicted molar refractivity (Wildman–Crippen MR) is 66.9 cm³/mol. The van der Waals surface area contributed by atoms with Gasteiger partial charge in [0.25, 0.3) is 0 Å². The van der Waals surface area contributed by atoms with Crippen LogP contribution in [0.25, 0.3) is 0 Å². The number of nitrogen functional groups attached to an aromatic ring is 2. The van der Waals surface area contributed by atoms with Gasteiger partial charge in [0.1, 0.15) is 5.82 Å². The van der Waals surface area contributed by atoms with Gasteiger partial charge in [-0.3, -0.25) is 0 Å². The Hall–Kier alpha value is -1.27. The van der Waals surface area contributed by atoms with Crippen LogP contribution < -0.4 is 11.5 Å². The highest BCUT2D eigenvalue weighted by Gasteiger charge is 2.04. The molecule has 0 saturated heterocycles. The number of rotatable bonds is 3. The molecule has 0 aliphatic carbocycles. The van der Waals surface area contributed by atoms with Crippen LogP contribution in [0.3, 0.4) is 0 Å². The first-order valence-corrected chi connectivity index (χ1v) is 6.39. The molecule has 0 aliphatic heterocycles. The van der Waals surface area contributed by atoms with Crippen molar-refractivity contribution in [2.75, 3.05) is 11.5 Å². The number of halogens is 1. The van der Waals surface area contributed by atoms with E-state index in [2.05, 4.69) is 4.98 Å². The average Bonchev–Trinajstić information content (AvgIpc) is 2.63. The lowest BCUT2D eigenvalue weighted by Gasteiger charge is -2.03. The van der Waals surface area contributed by atoms with Crippen LogP contribution in [-0.2, 0) is 5.75 Å². The summed E-state index contributed by atoms with van der Waals surface area (Å²) in [5.74, 6) is 0.364. The van der Waals surface area contributed by atoms with Crippen molar-refractivity contribution >= 4 is 33.9 Å². The first-order chi connectivity index (χ1) is 7.65. The Morgan fingerprint density at radius 1 is 1.38 bits per heavy atom. The Kier molecular flexibility index (Phi) is 3.31. The fraction of sp³-hybridized carbons (Fsp3) is 0.100. The van der Waals surface area contributed by atoms with Crippen molar-refractivity contribution in [3.8, 4) is 0 Å². The Labute approximate surface area is 101 Å². The van der Waals surface area contributed by atoms with E-state index in [0.717, 1.165) is 10.6 Å².